The third-order valence-corrected chi connectivity index (χ3v) is 5.40. The number of nitrogens with zero attached hydrogens (tertiary/aromatic N) is 2. The molecule has 1 aromatic heterocycles. The summed E-state index contributed by atoms with van der Waals surface area (Å²) in [5.74, 6) is -0.328. The first-order chi connectivity index (χ1) is 16.2. The summed E-state index contributed by atoms with van der Waals surface area (Å²) in [6, 6.07) is 15.3. The summed E-state index contributed by atoms with van der Waals surface area (Å²) in [4.78, 5) is 28.0. The smallest absolute Gasteiger partial charge is 0.295 e. The van der Waals surface area contributed by atoms with E-state index in [1.165, 1.54) is 42.7 Å². The van der Waals surface area contributed by atoms with E-state index in [9.17, 15) is 22.6 Å². The van der Waals surface area contributed by atoms with Gasteiger partial charge in [-0.2, -0.15) is 13.5 Å². The number of hydrogen-bond donors (Lipinski definition) is 5. The van der Waals surface area contributed by atoms with Crippen LogP contribution in [-0.4, -0.2) is 49.1 Å². The van der Waals surface area contributed by atoms with Gasteiger partial charge in [0.2, 0.25) is 0 Å². The molecule has 0 aliphatic carbocycles. The molecule has 34 heavy (non-hydrogen) atoms. The monoisotopic (exact) mass is 482 g/mol. The molecule has 176 valence electrons. The summed E-state index contributed by atoms with van der Waals surface area (Å²) in [6.07, 6.45) is 2.57. The predicted molar refractivity (Wildman–Crippen MR) is 127 cm³/mol. The van der Waals surface area contributed by atoms with Crippen molar-refractivity contribution in [2.75, 3.05) is 24.2 Å². The van der Waals surface area contributed by atoms with E-state index < -0.39 is 10.1 Å². The number of carbonyl (C=O) groups is 2. The van der Waals surface area contributed by atoms with Crippen molar-refractivity contribution < 1.29 is 22.6 Å². The Balaban J connectivity index is 1.47. The molecule has 0 aliphatic rings. The van der Waals surface area contributed by atoms with E-state index in [1.807, 2.05) is 0 Å². The van der Waals surface area contributed by atoms with Crippen LogP contribution in [0, 0.1) is 0 Å². The van der Waals surface area contributed by atoms with Gasteiger partial charge in [-0.25, -0.2) is 4.98 Å². The van der Waals surface area contributed by atoms with Gasteiger partial charge < -0.3 is 16.4 Å². The molecule has 1 heterocycles. The Morgan fingerprint density at radius 2 is 1.56 bits per heavy atom. The first kappa shape index (κ1) is 24.4. The topological polar surface area (TPSA) is 176 Å². The van der Waals surface area contributed by atoms with Gasteiger partial charge in [-0.3, -0.25) is 19.6 Å². The number of rotatable bonds is 9. The highest BCUT2D eigenvalue weighted by atomic mass is 32.2. The molecule has 0 saturated heterocycles. The number of hydrazone groups is 1. The average Bonchev–Trinajstić information content (AvgIpc) is 2.82. The van der Waals surface area contributed by atoms with E-state index in [0.717, 1.165) is 0 Å². The minimum Gasteiger partial charge on any atom is -0.399 e. The van der Waals surface area contributed by atoms with E-state index in [1.54, 1.807) is 30.3 Å². The Morgan fingerprint density at radius 3 is 2.18 bits per heavy atom. The first-order valence-electron chi connectivity index (χ1n) is 9.97. The minimum absolute atomic E-state index is 0.192. The minimum atomic E-state index is -4.38. The van der Waals surface area contributed by atoms with E-state index >= 15 is 0 Å². The maximum atomic E-state index is 12.2. The van der Waals surface area contributed by atoms with Crippen LogP contribution in [0.5, 0.6) is 0 Å². The summed E-state index contributed by atoms with van der Waals surface area (Å²) in [5.41, 5.74) is 9.73. The maximum Gasteiger partial charge on any atom is 0.295 e. The van der Waals surface area contributed by atoms with Crippen molar-refractivity contribution in [1.29, 1.82) is 0 Å². The van der Waals surface area contributed by atoms with Crippen LogP contribution in [0.25, 0.3) is 0 Å². The average molecular weight is 483 g/mol. The van der Waals surface area contributed by atoms with Crippen LogP contribution < -0.4 is 21.8 Å². The van der Waals surface area contributed by atoms with Crippen LogP contribution in [0.1, 0.15) is 26.3 Å². The number of nitrogens with two attached hydrogens (primary N) is 1. The van der Waals surface area contributed by atoms with Crippen LogP contribution in [0.4, 0.5) is 11.5 Å². The second-order valence-electron chi connectivity index (χ2n) is 6.95. The quantitative estimate of drug-likeness (QED) is 0.100. The Labute approximate surface area is 195 Å². The van der Waals surface area contributed by atoms with Crippen molar-refractivity contribution >= 4 is 39.7 Å². The van der Waals surface area contributed by atoms with Crippen molar-refractivity contribution in [3.63, 3.8) is 0 Å². The Kier molecular flexibility index (Phi) is 7.90. The van der Waals surface area contributed by atoms with E-state index in [4.69, 9.17) is 5.73 Å². The molecule has 0 atom stereocenters. The predicted octanol–water partition coefficient (Wildman–Crippen LogP) is 1.52. The third kappa shape index (κ3) is 6.85. The number of amides is 2. The number of aromatic nitrogens is 1. The summed E-state index contributed by atoms with van der Waals surface area (Å²) >= 11 is 0. The van der Waals surface area contributed by atoms with E-state index in [-0.39, 0.29) is 35.4 Å². The van der Waals surface area contributed by atoms with Crippen molar-refractivity contribution in [1.82, 2.24) is 15.6 Å². The lowest BCUT2D eigenvalue weighted by atomic mass is 10.2. The van der Waals surface area contributed by atoms with Crippen molar-refractivity contribution in [2.24, 2.45) is 5.10 Å². The van der Waals surface area contributed by atoms with Crippen molar-refractivity contribution in [3.8, 4) is 0 Å². The number of benzene rings is 2. The van der Waals surface area contributed by atoms with Crippen LogP contribution >= 0.6 is 0 Å². The Hall–Kier alpha value is -4.29. The molecule has 0 aliphatic heterocycles. The molecule has 0 spiro atoms. The molecule has 3 rings (SSSR count). The van der Waals surface area contributed by atoms with Crippen LogP contribution in [-0.2, 0) is 10.1 Å². The zero-order chi connectivity index (χ0) is 24.6. The van der Waals surface area contributed by atoms with Crippen LogP contribution in [0.3, 0.4) is 0 Å². The van der Waals surface area contributed by atoms with Gasteiger partial charge in [0, 0.05) is 36.1 Å². The first-order valence-corrected chi connectivity index (χ1v) is 11.4. The van der Waals surface area contributed by atoms with Gasteiger partial charge >= 0.3 is 0 Å². The van der Waals surface area contributed by atoms with Crippen molar-refractivity contribution in [3.05, 3.63) is 83.6 Å². The van der Waals surface area contributed by atoms with Crippen molar-refractivity contribution in [2.45, 2.75) is 4.90 Å². The molecule has 6 N–H and O–H groups in total. The maximum absolute atomic E-state index is 12.2. The fourth-order valence-electron chi connectivity index (χ4n) is 2.78. The van der Waals surface area contributed by atoms with Gasteiger partial charge in [0.05, 0.1) is 11.8 Å². The largest absolute Gasteiger partial charge is 0.399 e. The number of nitrogen functional groups attached to an aromatic ring is 1. The van der Waals surface area contributed by atoms with Gasteiger partial charge in [-0.05, 0) is 42.5 Å². The number of nitrogens with one attached hydrogen (secondary N) is 3. The number of hydrogen-bond acceptors (Lipinski definition) is 8. The normalized spacial score (nSPS) is 11.2. The zero-order valence-electron chi connectivity index (χ0n) is 17.8. The molecule has 0 saturated carbocycles. The molecule has 0 unspecified atom stereocenters. The molecular formula is C22H22N6O5S. The molecule has 12 heteroatoms. The van der Waals surface area contributed by atoms with Gasteiger partial charge in [0.25, 0.3) is 21.9 Å². The number of anilines is 2. The lowest BCUT2D eigenvalue weighted by molar-refractivity contribution is 0.0927. The molecule has 0 bridgehead atoms. The number of carbonyl (C=O) groups excluding carboxylic acids is 2. The summed E-state index contributed by atoms with van der Waals surface area (Å²) in [7, 11) is -4.38. The molecule has 0 fully saturated rings. The van der Waals surface area contributed by atoms with Gasteiger partial charge in [0.15, 0.2) is 0 Å². The highest BCUT2D eigenvalue weighted by molar-refractivity contribution is 7.86. The van der Waals surface area contributed by atoms with Crippen LogP contribution in [0.2, 0.25) is 0 Å². The lowest BCUT2D eigenvalue weighted by Gasteiger charge is -2.08. The molecular weight excluding hydrogens is 460 g/mol. The second kappa shape index (κ2) is 11.0. The summed E-state index contributed by atoms with van der Waals surface area (Å²) in [6.45, 7) is 0.457. The molecule has 3 aromatic rings. The third-order valence-electron chi connectivity index (χ3n) is 4.47. The molecule has 2 aromatic carbocycles. The highest BCUT2D eigenvalue weighted by Crippen LogP contribution is 2.13. The fraction of sp³-hybridized carbons (Fsp3) is 0.0909. The molecule has 11 nitrogen and oxygen atoms in total. The SMILES string of the molecule is Nc1ccc(C(=O)NCCNC(=O)c2ccc(N/N=C/c3ccccc3S(=O)(=O)O)nc2)cc1. The highest BCUT2D eigenvalue weighted by Gasteiger charge is 2.13. The Bertz CT molecular complexity index is 1290. The standard InChI is InChI=1S/C22H22N6O5S/c23-18-8-5-15(6-9-18)21(29)24-11-12-25-22(30)17-7-10-20(26-13-17)28-27-14-16-3-1-2-4-19(16)34(31,32)33/h1-10,13-14H,11-12,23H2,(H,24,29)(H,25,30)(H,26,28)(H,31,32,33)/b27-14+. The van der Waals surface area contributed by atoms with Crippen LogP contribution in [0.15, 0.2) is 76.9 Å². The van der Waals surface area contributed by atoms with Gasteiger partial charge in [-0.15, -0.1) is 0 Å². The van der Waals surface area contributed by atoms with E-state index in [0.29, 0.717) is 22.6 Å². The van der Waals surface area contributed by atoms with E-state index in [2.05, 4.69) is 26.1 Å². The second-order valence-corrected chi connectivity index (χ2v) is 8.34. The Morgan fingerprint density at radius 1 is 0.941 bits per heavy atom. The van der Waals surface area contributed by atoms with Gasteiger partial charge in [-0.1, -0.05) is 18.2 Å². The molecule has 0 radical (unpaired) electrons. The summed E-state index contributed by atoms with van der Waals surface area (Å²) in [5, 5.41) is 9.28. The number of pyridine rings is 1. The summed E-state index contributed by atoms with van der Waals surface area (Å²) < 4.78 is 32.0. The molecule has 2 amide bonds. The zero-order valence-corrected chi connectivity index (χ0v) is 18.6. The lowest BCUT2D eigenvalue weighted by Crippen LogP contribution is -2.34. The van der Waals surface area contributed by atoms with Gasteiger partial charge in [0.1, 0.15) is 10.7 Å². The fourth-order valence-corrected chi connectivity index (χ4v) is 3.44.